The zero-order valence-corrected chi connectivity index (χ0v) is 8.23. The Kier molecular flexibility index (Phi) is 4.72. The minimum Gasteiger partial charge on any atom is -0.298 e. The van der Waals surface area contributed by atoms with Gasteiger partial charge >= 0.3 is 5.97 Å². The lowest BCUT2D eigenvalue weighted by Crippen LogP contribution is -2.04. The molecule has 0 radical (unpaired) electrons. The van der Waals surface area contributed by atoms with Gasteiger partial charge in [-0.05, 0) is 12.0 Å². The molecule has 0 aromatic heterocycles. The highest BCUT2D eigenvalue weighted by Gasteiger charge is 2.01. The Bertz CT molecular complexity index is 269. The molecule has 0 heterocycles. The summed E-state index contributed by atoms with van der Waals surface area (Å²) >= 11 is 0. The summed E-state index contributed by atoms with van der Waals surface area (Å²) in [5.74, 6) is -0.316. The first kappa shape index (κ1) is 10.7. The van der Waals surface area contributed by atoms with Crippen molar-refractivity contribution < 1.29 is 14.6 Å². The zero-order valence-electron chi connectivity index (χ0n) is 8.23. The van der Waals surface area contributed by atoms with Gasteiger partial charge in [0.05, 0.1) is 0 Å². The van der Waals surface area contributed by atoms with E-state index in [4.69, 9.17) is 4.89 Å². The van der Waals surface area contributed by atoms with Gasteiger partial charge in [0.25, 0.3) is 0 Å². The van der Waals surface area contributed by atoms with Crippen LogP contribution in [0.3, 0.4) is 0 Å². The van der Waals surface area contributed by atoms with E-state index in [1.165, 1.54) is 0 Å². The normalized spacial score (nSPS) is 9.79. The highest BCUT2D eigenvalue weighted by molar-refractivity contribution is 5.68. The van der Waals surface area contributed by atoms with Gasteiger partial charge in [-0.15, -0.1) is 0 Å². The molecule has 0 saturated carbocycles. The zero-order chi connectivity index (χ0) is 10.2. The van der Waals surface area contributed by atoms with Crippen LogP contribution in [0.25, 0.3) is 0 Å². The fraction of sp³-hybridized carbons (Fsp3) is 0.364. The Morgan fingerprint density at radius 1 is 1.29 bits per heavy atom. The average molecular weight is 194 g/mol. The number of rotatable bonds is 5. The SMILES string of the molecule is CCCC(=O)OOCc1ccccc1. The third-order valence-corrected chi connectivity index (χ3v) is 1.67. The van der Waals surface area contributed by atoms with Gasteiger partial charge in [0.1, 0.15) is 6.61 Å². The summed E-state index contributed by atoms with van der Waals surface area (Å²) in [6, 6.07) is 9.56. The maximum atomic E-state index is 10.9. The second-order valence-corrected chi connectivity index (χ2v) is 2.95. The molecule has 0 spiro atoms. The van der Waals surface area contributed by atoms with E-state index in [1.54, 1.807) is 0 Å². The quantitative estimate of drug-likeness (QED) is 0.533. The lowest BCUT2D eigenvalue weighted by Gasteiger charge is -2.02. The molecular weight excluding hydrogens is 180 g/mol. The smallest absolute Gasteiger partial charge is 0.298 e. The Balaban J connectivity index is 2.19. The van der Waals surface area contributed by atoms with Crippen LogP contribution in [0, 0.1) is 0 Å². The first-order valence-corrected chi connectivity index (χ1v) is 4.69. The topological polar surface area (TPSA) is 35.5 Å². The molecule has 3 heteroatoms. The van der Waals surface area contributed by atoms with Crippen molar-refractivity contribution in [3.05, 3.63) is 35.9 Å². The van der Waals surface area contributed by atoms with Crippen molar-refractivity contribution in [2.75, 3.05) is 0 Å². The molecule has 76 valence electrons. The fourth-order valence-electron chi connectivity index (χ4n) is 0.983. The Morgan fingerprint density at radius 3 is 2.64 bits per heavy atom. The number of carbonyl (C=O) groups excluding carboxylic acids is 1. The third-order valence-electron chi connectivity index (χ3n) is 1.67. The van der Waals surface area contributed by atoms with E-state index in [9.17, 15) is 4.79 Å². The Morgan fingerprint density at radius 2 is 2.00 bits per heavy atom. The van der Waals surface area contributed by atoms with E-state index >= 15 is 0 Å². The van der Waals surface area contributed by atoms with E-state index in [0.717, 1.165) is 12.0 Å². The van der Waals surface area contributed by atoms with Gasteiger partial charge in [0.2, 0.25) is 0 Å². The van der Waals surface area contributed by atoms with Gasteiger partial charge < -0.3 is 0 Å². The molecule has 3 nitrogen and oxygen atoms in total. The molecule has 0 N–H and O–H groups in total. The van der Waals surface area contributed by atoms with E-state index < -0.39 is 0 Å². The lowest BCUT2D eigenvalue weighted by molar-refractivity contribution is -0.280. The molecule has 0 aliphatic heterocycles. The van der Waals surface area contributed by atoms with E-state index in [-0.39, 0.29) is 5.97 Å². The maximum Gasteiger partial charge on any atom is 0.342 e. The molecule has 0 aliphatic carbocycles. The van der Waals surface area contributed by atoms with E-state index in [2.05, 4.69) is 4.89 Å². The summed E-state index contributed by atoms with van der Waals surface area (Å²) in [7, 11) is 0. The van der Waals surface area contributed by atoms with Crippen LogP contribution in [0.5, 0.6) is 0 Å². The van der Waals surface area contributed by atoms with Crippen molar-refractivity contribution in [1.29, 1.82) is 0 Å². The summed E-state index contributed by atoms with van der Waals surface area (Å²) < 4.78 is 0. The van der Waals surface area contributed by atoms with Crippen LogP contribution in [-0.4, -0.2) is 5.97 Å². The van der Waals surface area contributed by atoms with Crippen molar-refractivity contribution in [3.63, 3.8) is 0 Å². The number of hydrogen-bond acceptors (Lipinski definition) is 3. The summed E-state index contributed by atoms with van der Waals surface area (Å²) in [4.78, 5) is 20.2. The van der Waals surface area contributed by atoms with Crippen LogP contribution in [0.4, 0.5) is 0 Å². The molecule has 0 amide bonds. The molecule has 0 saturated heterocycles. The molecule has 0 aliphatic rings. The molecule has 1 rings (SSSR count). The Hall–Kier alpha value is -1.35. The van der Waals surface area contributed by atoms with E-state index in [0.29, 0.717) is 13.0 Å². The van der Waals surface area contributed by atoms with Crippen molar-refractivity contribution in [2.45, 2.75) is 26.4 Å². The van der Waals surface area contributed by atoms with Gasteiger partial charge in [0.15, 0.2) is 0 Å². The summed E-state index contributed by atoms with van der Waals surface area (Å²) in [6.07, 6.45) is 1.17. The number of carbonyl (C=O) groups is 1. The highest BCUT2D eigenvalue weighted by Crippen LogP contribution is 2.01. The van der Waals surface area contributed by atoms with Gasteiger partial charge in [0, 0.05) is 6.42 Å². The monoisotopic (exact) mass is 194 g/mol. The maximum absolute atomic E-state index is 10.9. The average Bonchev–Trinajstić information content (AvgIpc) is 2.20. The molecule has 0 fully saturated rings. The highest BCUT2D eigenvalue weighted by atomic mass is 17.2. The largest absolute Gasteiger partial charge is 0.342 e. The Labute approximate surface area is 83.6 Å². The van der Waals surface area contributed by atoms with Crippen LogP contribution in [0.15, 0.2) is 30.3 Å². The predicted molar refractivity (Wildman–Crippen MR) is 52.2 cm³/mol. The molecule has 14 heavy (non-hydrogen) atoms. The standard InChI is InChI=1S/C11H14O3/c1-2-6-11(12)14-13-9-10-7-4-3-5-8-10/h3-5,7-8H,2,6,9H2,1H3. The molecule has 1 aromatic rings. The van der Waals surface area contributed by atoms with Crippen molar-refractivity contribution >= 4 is 5.97 Å². The predicted octanol–water partition coefficient (Wildman–Crippen LogP) is 2.46. The van der Waals surface area contributed by atoms with Crippen molar-refractivity contribution in [1.82, 2.24) is 0 Å². The van der Waals surface area contributed by atoms with Gasteiger partial charge in [-0.3, -0.25) is 4.89 Å². The summed E-state index contributed by atoms with van der Waals surface area (Å²) in [5.41, 5.74) is 0.983. The van der Waals surface area contributed by atoms with Crippen LogP contribution < -0.4 is 0 Å². The summed E-state index contributed by atoms with van der Waals surface area (Å²) in [6.45, 7) is 2.22. The second-order valence-electron chi connectivity index (χ2n) is 2.95. The molecule has 0 atom stereocenters. The summed E-state index contributed by atoms with van der Waals surface area (Å²) in [5, 5.41) is 0. The van der Waals surface area contributed by atoms with E-state index in [1.807, 2.05) is 37.3 Å². The van der Waals surface area contributed by atoms with Crippen LogP contribution in [0.1, 0.15) is 25.3 Å². The van der Waals surface area contributed by atoms with Crippen LogP contribution in [0.2, 0.25) is 0 Å². The first-order chi connectivity index (χ1) is 6.83. The first-order valence-electron chi connectivity index (χ1n) is 4.69. The number of benzene rings is 1. The molecule has 1 aromatic carbocycles. The fourth-order valence-corrected chi connectivity index (χ4v) is 0.983. The molecule has 0 unspecified atom stereocenters. The van der Waals surface area contributed by atoms with Crippen molar-refractivity contribution in [2.24, 2.45) is 0 Å². The van der Waals surface area contributed by atoms with Gasteiger partial charge in [-0.2, -0.15) is 4.89 Å². The third kappa shape index (κ3) is 4.05. The minimum absolute atomic E-state index is 0.302. The van der Waals surface area contributed by atoms with Crippen LogP contribution in [-0.2, 0) is 21.2 Å². The van der Waals surface area contributed by atoms with Crippen molar-refractivity contribution in [3.8, 4) is 0 Å². The van der Waals surface area contributed by atoms with Gasteiger partial charge in [-0.25, -0.2) is 4.79 Å². The lowest BCUT2D eigenvalue weighted by atomic mass is 10.2. The minimum atomic E-state index is -0.316. The molecule has 0 bridgehead atoms. The number of hydrogen-bond donors (Lipinski definition) is 0. The van der Waals surface area contributed by atoms with Gasteiger partial charge in [-0.1, -0.05) is 37.3 Å². The van der Waals surface area contributed by atoms with Crippen LogP contribution >= 0.6 is 0 Å². The second kappa shape index (κ2) is 6.16. The molecular formula is C11H14O3.